The van der Waals surface area contributed by atoms with Crippen LogP contribution >= 0.6 is 23.2 Å². The van der Waals surface area contributed by atoms with E-state index in [0.717, 1.165) is 4.31 Å². The van der Waals surface area contributed by atoms with Gasteiger partial charge in [0.1, 0.15) is 10.3 Å². The van der Waals surface area contributed by atoms with Crippen molar-refractivity contribution in [1.29, 1.82) is 0 Å². The van der Waals surface area contributed by atoms with Crippen LogP contribution in [-0.2, 0) is 10.2 Å². The van der Waals surface area contributed by atoms with E-state index >= 15 is 0 Å². The second kappa shape index (κ2) is 5.82. The first-order valence-electron chi connectivity index (χ1n) is 5.67. The third-order valence-corrected chi connectivity index (χ3v) is 4.37. The second-order valence-electron chi connectivity index (χ2n) is 4.24. The topological polar surface area (TPSA) is 96.6 Å². The summed E-state index contributed by atoms with van der Waals surface area (Å²) in [4.78, 5) is 17.5. The maximum absolute atomic E-state index is 12.2. The molecule has 110 valence electrons. The Kier molecular flexibility index (Phi) is 4.50. The summed E-state index contributed by atoms with van der Waals surface area (Å²) in [7, 11) is -3.71. The third-order valence-electron chi connectivity index (χ3n) is 2.90. The summed E-state index contributed by atoms with van der Waals surface area (Å²) in [6.07, 6.45) is 0. The smallest absolute Gasteiger partial charge is 0.277 e. The maximum Gasteiger partial charge on any atom is 0.277 e. The van der Waals surface area contributed by atoms with Crippen LogP contribution in [0.4, 0.5) is 0 Å². The Morgan fingerprint density at radius 1 is 1.15 bits per heavy atom. The van der Waals surface area contributed by atoms with Gasteiger partial charge in [-0.05, 0) is 12.1 Å². The molecule has 0 unspecified atom stereocenters. The molecule has 1 fully saturated rings. The van der Waals surface area contributed by atoms with Gasteiger partial charge in [-0.15, -0.1) is 0 Å². The number of hydrogen-bond acceptors (Lipinski definition) is 4. The standard InChI is InChI=1S/C10H12Cl2N4O3S/c11-8-5-7(6-9(12)14-8)10(17)15-1-3-16(4-2-15)20(13,18)19/h5-6H,1-4H2,(H2,13,18,19). The highest BCUT2D eigenvalue weighted by Crippen LogP contribution is 2.17. The van der Waals surface area contributed by atoms with Crippen LogP contribution < -0.4 is 5.14 Å². The van der Waals surface area contributed by atoms with E-state index in [1.54, 1.807) is 0 Å². The molecule has 2 rings (SSSR count). The van der Waals surface area contributed by atoms with Crippen LogP contribution in [0.1, 0.15) is 10.4 Å². The quantitative estimate of drug-likeness (QED) is 0.787. The van der Waals surface area contributed by atoms with Crippen molar-refractivity contribution in [2.75, 3.05) is 26.2 Å². The first-order chi connectivity index (χ1) is 9.27. The van der Waals surface area contributed by atoms with E-state index < -0.39 is 10.2 Å². The molecule has 1 aromatic heterocycles. The Bertz CT molecular complexity index is 609. The number of carbonyl (C=O) groups is 1. The van der Waals surface area contributed by atoms with Gasteiger partial charge in [0.15, 0.2) is 0 Å². The van der Waals surface area contributed by atoms with Gasteiger partial charge >= 0.3 is 0 Å². The molecule has 0 bridgehead atoms. The number of halogens is 2. The monoisotopic (exact) mass is 338 g/mol. The largest absolute Gasteiger partial charge is 0.336 e. The summed E-state index contributed by atoms with van der Waals surface area (Å²) in [5.74, 6) is -0.273. The summed E-state index contributed by atoms with van der Waals surface area (Å²) < 4.78 is 23.5. The minimum atomic E-state index is -3.71. The minimum Gasteiger partial charge on any atom is -0.336 e. The Morgan fingerprint density at radius 3 is 2.10 bits per heavy atom. The molecule has 1 aromatic rings. The number of carbonyl (C=O) groups excluding carboxylic acids is 1. The van der Waals surface area contributed by atoms with E-state index in [-0.39, 0.29) is 42.4 Å². The normalized spacial score (nSPS) is 17.2. The van der Waals surface area contributed by atoms with Gasteiger partial charge < -0.3 is 4.90 Å². The Hall–Kier alpha value is -0.930. The number of hydrogen-bond donors (Lipinski definition) is 1. The molecule has 1 amide bonds. The van der Waals surface area contributed by atoms with Gasteiger partial charge in [0, 0.05) is 31.7 Å². The lowest BCUT2D eigenvalue weighted by Crippen LogP contribution is -2.52. The molecule has 0 atom stereocenters. The number of nitrogens with two attached hydrogens (primary N) is 1. The Balaban J connectivity index is 2.09. The molecule has 2 heterocycles. The van der Waals surface area contributed by atoms with Gasteiger partial charge in [-0.25, -0.2) is 10.1 Å². The Morgan fingerprint density at radius 2 is 1.65 bits per heavy atom. The lowest BCUT2D eigenvalue weighted by Gasteiger charge is -2.33. The zero-order valence-corrected chi connectivity index (χ0v) is 12.6. The fourth-order valence-corrected chi connectivity index (χ4v) is 3.05. The highest BCUT2D eigenvalue weighted by molar-refractivity contribution is 7.86. The number of amides is 1. The molecule has 0 aromatic carbocycles. The number of nitrogens with zero attached hydrogens (tertiary/aromatic N) is 3. The highest BCUT2D eigenvalue weighted by Gasteiger charge is 2.27. The van der Waals surface area contributed by atoms with Gasteiger partial charge in [-0.1, -0.05) is 23.2 Å². The van der Waals surface area contributed by atoms with E-state index in [9.17, 15) is 13.2 Å². The van der Waals surface area contributed by atoms with Crippen LogP contribution in [0.5, 0.6) is 0 Å². The van der Waals surface area contributed by atoms with Gasteiger partial charge in [0.25, 0.3) is 16.1 Å². The highest BCUT2D eigenvalue weighted by atomic mass is 35.5. The van der Waals surface area contributed by atoms with Crippen molar-refractivity contribution in [3.63, 3.8) is 0 Å². The molecule has 1 aliphatic rings. The average molecular weight is 339 g/mol. The number of aromatic nitrogens is 1. The van der Waals surface area contributed by atoms with Gasteiger partial charge in [-0.2, -0.15) is 12.7 Å². The number of piperazine rings is 1. The molecule has 2 N–H and O–H groups in total. The summed E-state index contributed by atoms with van der Waals surface area (Å²) in [5.41, 5.74) is 0.319. The van der Waals surface area contributed by atoms with Crippen LogP contribution in [0.15, 0.2) is 12.1 Å². The lowest BCUT2D eigenvalue weighted by atomic mass is 10.2. The molecule has 0 aliphatic carbocycles. The second-order valence-corrected chi connectivity index (χ2v) is 6.56. The van der Waals surface area contributed by atoms with E-state index in [1.807, 2.05) is 0 Å². The van der Waals surface area contributed by atoms with Crippen molar-refractivity contribution in [3.05, 3.63) is 28.0 Å². The Labute approximate surface area is 126 Å². The third kappa shape index (κ3) is 3.58. The van der Waals surface area contributed by atoms with Crippen molar-refractivity contribution in [3.8, 4) is 0 Å². The molecule has 20 heavy (non-hydrogen) atoms. The van der Waals surface area contributed by atoms with Crippen LogP contribution in [-0.4, -0.2) is 54.7 Å². The first-order valence-corrected chi connectivity index (χ1v) is 7.93. The molecular formula is C10H12Cl2N4O3S. The first kappa shape index (κ1) is 15.5. The number of rotatable bonds is 2. The summed E-state index contributed by atoms with van der Waals surface area (Å²) in [6, 6.07) is 2.84. The van der Waals surface area contributed by atoms with Crippen molar-refractivity contribution in [1.82, 2.24) is 14.2 Å². The van der Waals surface area contributed by atoms with E-state index in [1.165, 1.54) is 17.0 Å². The van der Waals surface area contributed by atoms with Crippen molar-refractivity contribution in [2.24, 2.45) is 5.14 Å². The number of pyridine rings is 1. The van der Waals surface area contributed by atoms with Gasteiger partial charge in [0.2, 0.25) is 0 Å². The lowest BCUT2D eigenvalue weighted by molar-refractivity contribution is 0.0697. The zero-order chi connectivity index (χ0) is 14.9. The van der Waals surface area contributed by atoms with Crippen molar-refractivity contribution >= 4 is 39.3 Å². The molecule has 0 radical (unpaired) electrons. The SMILES string of the molecule is NS(=O)(=O)N1CCN(C(=O)c2cc(Cl)nc(Cl)c2)CC1. The fraction of sp³-hybridized carbons (Fsp3) is 0.400. The summed E-state index contributed by atoms with van der Waals surface area (Å²) in [5, 5.41) is 5.29. The zero-order valence-electron chi connectivity index (χ0n) is 10.3. The molecule has 1 saturated heterocycles. The fourth-order valence-electron chi connectivity index (χ4n) is 1.92. The molecule has 0 spiro atoms. The van der Waals surface area contributed by atoms with Crippen molar-refractivity contribution in [2.45, 2.75) is 0 Å². The van der Waals surface area contributed by atoms with Gasteiger partial charge in [0.05, 0.1) is 0 Å². The van der Waals surface area contributed by atoms with Crippen molar-refractivity contribution < 1.29 is 13.2 Å². The molecular weight excluding hydrogens is 327 g/mol. The van der Waals surface area contributed by atoms with E-state index in [2.05, 4.69) is 4.98 Å². The van der Waals surface area contributed by atoms with Crippen LogP contribution in [0.25, 0.3) is 0 Å². The molecule has 10 heteroatoms. The van der Waals surface area contributed by atoms with E-state index in [4.69, 9.17) is 28.3 Å². The minimum absolute atomic E-state index is 0.129. The van der Waals surface area contributed by atoms with Crippen LogP contribution in [0.2, 0.25) is 10.3 Å². The summed E-state index contributed by atoms with van der Waals surface area (Å²) >= 11 is 11.5. The van der Waals surface area contributed by atoms with Crippen LogP contribution in [0, 0.1) is 0 Å². The predicted octanol–water partition coefficient (Wildman–Crippen LogP) is 0.350. The van der Waals surface area contributed by atoms with Gasteiger partial charge in [-0.3, -0.25) is 4.79 Å². The van der Waals surface area contributed by atoms with E-state index in [0.29, 0.717) is 5.56 Å². The molecule has 0 saturated carbocycles. The average Bonchev–Trinajstić information content (AvgIpc) is 2.36. The molecule has 1 aliphatic heterocycles. The predicted molar refractivity (Wildman–Crippen MR) is 74.8 cm³/mol. The maximum atomic E-state index is 12.2. The summed E-state index contributed by atoms with van der Waals surface area (Å²) in [6.45, 7) is 0.841. The molecule has 7 nitrogen and oxygen atoms in total. The van der Waals surface area contributed by atoms with Crippen LogP contribution in [0.3, 0.4) is 0 Å².